The topological polar surface area (TPSA) is 23.5 Å². The molecule has 1 aromatic rings. The minimum Gasteiger partial charge on any atom is -0.391 e. The summed E-state index contributed by atoms with van der Waals surface area (Å²) in [5, 5.41) is 9.82. The van der Waals surface area contributed by atoms with Crippen LogP contribution in [0.3, 0.4) is 0 Å². The molecule has 0 radical (unpaired) electrons. The number of aliphatic hydroxyl groups is 1. The summed E-state index contributed by atoms with van der Waals surface area (Å²) < 4.78 is 0. The minimum absolute atomic E-state index is 0.0602. The van der Waals surface area contributed by atoms with Crippen molar-refractivity contribution < 1.29 is 5.11 Å². The fourth-order valence-corrected chi connectivity index (χ4v) is 2.71. The van der Waals surface area contributed by atoms with Crippen LogP contribution >= 0.6 is 0 Å². The molecule has 2 nitrogen and oxygen atoms in total. The molecule has 1 N–H and O–H groups in total. The number of para-hydroxylation sites is 1. The lowest BCUT2D eigenvalue weighted by molar-refractivity contribution is 0.188. The van der Waals surface area contributed by atoms with Crippen LogP contribution in [0.25, 0.3) is 0 Å². The number of hydrogen-bond donors (Lipinski definition) is 1. The van der Waals surface area contributed by atoms with Gasteiger partial charge in [0, 0.05) is 17.8 Å². The highest BCUT2D eigenvalue weighted by molar-refractivity contribution is 5.56. The standard InChI is InChI=1S/C14H21NO/c1-4-11-7-5-6-8-13(11)15-10-12(16)9-14(15,2)3/h5-8,12,16H,4,9-10H2,1-3H3. The van der Waals surface area contributed by atoms with Crippen molar-refractivity contribution in [3.8, 4) is 0 Å². The Morgan fingerprint density at radius 3 is 2.62 bits per heavy atom. The number of aryl methyl sites for hydroxylation is 1. The summed E-state index contributed by atoms with van der Waals surface area (Å²) in [5.74, 6) is 0. The first-order chi connectivity index (χ1) is 7.54. The van der Waals surface area contributed by atoms with Gasteiger partial charge in [-0.05, 0) is 38.3 Å². The lowest BCUT2D eigenvalue weighted by Crippen LogP contribution is -2.38. The van der Waals surface area contributed by atoms with Crippen molar-refractivity contribution in [1.29, 1.82) is 0 Å². The number of benzene rings is 1. The Kier molecular flexibility index (Phi) is 2.94. The summed E-state index contributed by atoms with van der Waals surface area (Å²) in [6, 6.07) is 8.51. The molecule has 1 heterocycles. The molecule has 0 aliphatic carbocycles. The van der Waals surface area contributed by atoms with Gasteiger partial charge in [0.2, 0.25) is 0 Å². The summed E-state index contributed by atoms with van der Waals surface area (Å²) in [7, 11) is 0. The van der Waals surface area contributed by atoms with Crippen molar-refractivity contribution >= 4 is 5.69 Å². The van der Waals surface area contributed by atoms with Gasteiger partial charge in [-0.2, -0.15) is 0 Å². The van der Waals surface area contributed by atoms with Crippen LogP contribution in [0.2, 0.25) is 0 Å². The van der Waals surface area contributed by atoms with Crippen LogP contribution in [-0.4, -0.2) is 23.3 Å². The first kappa shape index (κ1) is 11.5. The van der Waals surface area contributed by atoms with Gasteiger partial charge >= 0.3 is 0 Å². The fraction of sp³-hybridized carbons (Fsp3) is 0.571. The molecule has 1 fully saturated rings. The van der Waals surface area contributed by atoms with Gasteiger partial charge in [-0.3, -0.25) is 0 Å². The average Bonchev–Trinajstić information content (AvgIpc) is 2.51. The van der Waals surface area contributed by atoms with E-state index < -0.39 is 0 Å². The third-order valence-corrected chi connectivity index (χ3v) is 3.52. The van der Waals surface area contributed by atoms with Gasteiger partial charge in [0.05, 0.1) is 6.10 Å². The molecule has 0 saturated carbocycles. The lowest BCUT2D eigenvalue weighted by atomic mass is 9.99. The van der Waals surface area contributed by atoms with Crippen molar-refractivity contribution in [3.05, 3.63) is 29.8 Å². The van der Waals surface area contributed by atoms with Crippen LogP contribution in [-0.2, 0) is 6.42 Å². The summed E-state index contributed by atoms with van der Waals surface area (Å²) in [6.07, 6.45) is 1.70. The number of hydrogen-bond acceptors (Lipinski definition) is 2. The van der Waals surface area contributed by atoms with E-state index in [2.05, 4.69) is 49.9 Å². The zero-order valence-corrected chi connectivity index (χ0v) is 10.4. The average molecular weight is 219 g/mol. The molecular formula is C14H21NO. The minimum atomic E-state index is -0.195. The van der Waals surface area contributed by atoms with Crippen molar-refractivity contribution in [1.82, 2.24) is 0 Å². The van der Waals surface area contributed by atoms with Crippen LogP contribution in [0, 0.1) is 0 Å². The summed E-state index contributed by atoms with van der Waals surface area (Å²) >= 11 is 0. The second kappa shape index (κ2) is 4.10. The van der Waals surface area contributed by atoms with Gasteiger partial charge in [-0.25, -0.2) is 0 Å². The maximum Gasteiger partial charge on any atom is 0.0737 e. The molecule has 2 rings (SSSR count). The molecule has 16 heavy (non-hydrogen) atoms. The highest BCUT2D eigenvalue weighted by Crippen LogP contribution is 2.35. The van der Waals surface area contributed by atoms with Gasteiger partial charge in [0.25, 0.3) is 0 Å². The van der Waals surface area contributed by atoms with Crippen LogP contribution < -0.4 is 4.90 Å². The Hall–Kier alpha value is -1.02. The largest absolute Gasteiger partial charge is 0.391 e. The van der Waals surface area contributed by atoms with Crippen molar-refractivity contribution in [3.63, 3.8) is 0 Å². The normalized spacial score (nSPS) is 23.8. The third-order valence-electron chi connectivity index (χ3n) is 3.52. The zero-order chi connectivity index (χ0) is 11.8. The molecule has 0 aromatic heterocycles. The first-order valence-electron chi connectivity index (χ1n) is 6.08. The van der Waals surface area contributed by atoms with E-state index in [1.54, 1.807) is 0 Å². The molecule has 0 amide bonds. The fourth-order valence-electron chi connectivity index (χ4n) is 2.71. The number of anilines is 1. The van der Waals surface area contributed by atoms with E-state index in [0.29, 0.717) is 0 Å². The predicted molar refractivity (Wildman–Crippen MR) is 67.9 cm³/mol. The van der Waals surface area contributed by atoms with Crippen LogP contribution in [0.15, 0.2) is 24.3 Å². The third kappa shape index (κ3) is 1.94. The molecule has 0 bridgehead atoms. The van der Waals surface area contributed by atoms with E-state index in [1.807, 2.05) is 0 Å². The van der Waals surface area contributed by atoms with E-state index in [-0.39, 0.29) is 11.6 Å². The molecule has 0 spiro atoms. The van der Waals surface area contributed by atoms with Crippen molar-refractivity contribution in [2.75, 3.05) is 11.4 Å². The smallest absolute Gasteiger partial charge is 0.0737 e. The highest BCUT2D eigenvalue weighted by atomic mass is 16.3. The predicted octanol–water partition coefficient (Wildman–Crippen LogP) is 2.60. The maximum absolute atomic E-state index is 9.82. The van der Waals surface area contributed by atoms with Gasteiger partial charge in [0.15, 0.2) is 0 Å². The van der Waals surface area contributed by atoms with Crippen LogP contribution in [0.1, 0.15) is 32.8 Å². The van der Waals surface area contributed by atoms with Gasteiger partial charge in [0.1, 0.15) is 0 Å². The summed E-state index contributed by atoms with van der Waals surface area (Å²) in [5.41, 5.74) is 2.71. The Bertz CT molecular complexity index is 373. The SMILES string of the molecule is CCc1ccccc1N1CC(O)CC1(C)C. The highest BCUT2D eigenvalue weighted by Gasteiger charge is 2.38. The Morgan fingerprint density at radius 2 is 2.06 bits per heavy atom. The van der Waals surface area contributed by atoms with Gasteiger partial charge in [-0.15, -0.1) is 0 Å². The van der Waals surface area contributed by atoms with E-state index >= 15 is 0 Å². The number of rotatable bonds is 2. The molecule has 1 saturated heterocycles. The van der Waals surface area contributed by atoms with Crippen LogP contribution in [0.5, 0.6) is 0 Å². The molecule has 1 aliphatic heterocycles. The van der Waals surface area contributed by atoms with E-state index in [0.717, 1.165) is 19.4 Å². The Morgan fingerprint density at radius 1 is 1.38 bits per heavy atom. The quantitative estimate of drug-likeness (QED) is 0.826. The first-order valence-corrected chi connectivity index (χ1v) is 6.08. The second-order valence-electron chi connectivity index (χ2n) is 5.26. The molecule has 2 heteroatoms. The van der Waals surface area contributed by atoms with Gasteiger partial charge in [-0.1, -0.05) is 25.1 Å². The van der Waals surface area contributed by atoms with E-state index in [9.17, 15) is 5.11 Å². The lowest BCUT2D eigenvalue weighted by Gasteiger charge is -2.34. The van der Waals surface area contributed by atoms with Crippen molar-refractivity contribution in [2.45, 2.75) is 45.3 Å². The zero-order valence-electron chi connectivity index (χ0n) is 10.4. The number of β-amino-alcohol motifs (C(OH)–C–C–N with tert-alkyl or cyclic N) is 1. The van der Waals surface area contributed by atoms with E-state index in [4.69, 9.17) is 0 Å². The van der Waals surface area contributed by atoms with Crippen LogP contribution in [0.4, 0.5) is 5.69 Å². The summed E-state index contributed by atoms with van der Waals surface area (Å²) in [4.78, 5) is 2.34. The molecule has 1 unspecified atom stereocenters. The summed E-state index contributed by atoms with van der Waals surface area (Å²) in [6.45, 7) is 7.34. The molecule has 1 atom stereocenters. The monoisotopic (exact) mass is 219 g/mol. The molecule has 1 aliphatic rings. The molecule has 88 valence electrons. The Labute approximate surface area is 97.9 Å². The number of nitrogens with zero attached hydrogens (tertiary/aromatic N) is 1. The van der Waals surface area contributed by atoms with Gasteiger partial charge < -0.3 is 10.0 Å². The molecule has 1 aromatic carbocycles. The second-order valence-corrected chi connectivity index (χ2v) is 5.26. The Balaban J connectivity index is 2.37. The van der Waals surface area contributed by atoms with Crippen molar-refractivity contribution in [2.24, 2.45) is 0 Å². The van der Waals surface area contributed by atoms with E-state index in [1.165, 1.54) is 11.3 Å². The maximum atomic E-state index is 9.82. The molecular weight excluding hydrogens is 198 g/mol. The number of aliphatic hydroxyl groups excluding tert-OH is 1.